The molecule has 21 heavy (non-hydrogen) atoms. The average molecular weight is 290 g/mol. The molecule has 0 unspecified atom stereocenters. The second-order valence-electron chi connectivity index (χ2n) is 4.48. The maximum atomic E-state index is 12.6. The Morgan fingerprint density at radius 2 is 2.19 bits per heavy atom. The van der Waals surface area contributed by atoms with Gasteiger partial charge in [0.25, 0.3) is 5.91 Å². The number of aliphatic hydroxyl groups is 1. The van der Waals surface area contributed by atoms with Crippen LogP contribution >= 0.6 is 0 Å². The molecule has 0 aliphatic rings. The van der Waals surface area contributed by atoms with Gasteiger partial charge >= 0.3 is 5.97 Å². The van der Waals surface area contributed by atoms with Crippen molar-refractivity contribution >= 4 is 11.9 Å². The van der Waals surface area contributed by atoms with E-state index in [0.717, 1.165) is 0 Å². The van der Waals surface area contributed by atoms with Crippen molar-refractivity contribution in [3.05, 3.63) is 29.6 Å². The molecule has 6 nitrogen and oxygen atoms in total. The van der Waals surface area contributed by atoms with Crippen LogP contribution in [0.2, 0.25) is 0 Å². The molecule has 0 bridgehead atoms. The molecule has 0 spiro atoms. The van der Waals surface area contributed by atoms with Gasteiger partial charge in [0.1, 0.15) is 13.2 Å². The molecular formula is C15H18N2O4. The molecule has 0 saturated carbocycles. The zero-order valence-electron chi connectivity index (χ0n) is 12.3. The lowest BCUT2D eigenvalue weighted by atomic mass is 10.1. The van der Waals surface area contributed by atoms with Crippen LogP contribution in [0.3, 0.4) is 0 Å². The van der Waals surface area contributed by atoms with E-state index in [1.807, 2.05) is 0 Å². The minimum atomic E-state index is -0.492. The molecule has 0 aliphatic heterocycles. The molecule has 112 valence electrons. The zero-order valence-corrected chi connectivity index (χ0v) is 12.3. The van der Waals surface area contributed by atoms with E-state index in [1.165, 1.54) is 30.5 Å². The van der Waals surface area contributed by atoms with Crippen LogP contribution in [0.25, 0.3) is 0 Å². The zero-order chi connectivity index (χ0) is 15.8. The molecule has 0 radical (unpaired) electrons. The molecule has 6 heteroatoms. The second kappa shape index (κ2) is 8.02. The summed E-state index contributed by atoms with van der Waals surface area (Å²) < 4.78 is 4.61. The first kappa shape index (κ1) is 16.7. The monoisotopic (exact) mass is 290 g/mol. The average Bonchev–Trinajstić information content (AvgIpc) is 2.49. The molecule has 1 N–H and O–H groups in total. The van der Waals surface area contributed by atoms with Crippen molar-refractivity contribution < 1.29 is 19.4 Å². The molecule has 0 saturated heterocycles. The number of ether oxygens (including phenoxy) is 1. The maximum Gasteiger partial charge on any atom is 0.325 e. The van der Waals surface area contributed by atoms with Crippen molar-refractivity contribution in [2.45, 2.75) is 19.9 Å². The molecule has 1 heterocycles. The molecule has 0 atom stereocenters. The lowest BCUT2D eigenvalue weighted by molar-refractivity contribution is -0.141. The fourth-order valence-electron chi connectivity index (χ4n) is 1.66. The number of pyridine rings is 1. The van der Waals surface area contributed by atoms with E-state index in [-0.39, 0.29) is 25.1 Å². The van der Waals surface area contributed by atoms with Crippen molar-refractivity contribution in [1.29, 1.82) is 0 Å². The van der Waals surface area contributed by atoms with Gasteiger partial charge in [-0.15, -0.1) is 0 Å². The summed E-state index contributed by atoms with van der Waals surface area (Å²) in [5.74, 6) is 4.34. The Balaban J connectivity index is 3.12. The van der Waals surface area contributed by atoms with Crippen LogP contribution in [0.15, 0.2) is 18.5 Å². The SMILES string of the molecule is COC(=O)CN(C(=O)c1ccncc1C#CCO)C(C)C. The second-order valence-corrected chi connectivity index (χ2v) is 4.48. The van der Waals surface area contributed by atoms with Crippen molar-refractivity contribution in [3.63, 3.8) is 0 Å². The van der Waals surface area contributed by atoms with Crippen LogP contribution in [0.1, 0.15) is 29.8 Å². The lowest BCUT2D eigenvalue weighted by Crippen LogP contribution is -2.41. The highest BCUT2D eigenvalue weighted by Gasteiger charge is 2.23. The number of nitrogens with zero attached hydrogens (tertiary/aromatic N) is 2. The van der Waals surface area contributed by atoms with Crippen molar-refractivity contribution in [2.75, 3.05) is 20.3 Å². The minimum Gasteiger partial charge on any atom is -0.468 e. The number of aromatic nitrogens is 1. The van der Waals surface area contributed by atoms with Crippen LogP contribution in [0.4, 0.5) is 0 Å². The highest BCUT2D eigenvalue weighted by atomic mass is 16.5. The Morgan fingerprint density at radius 3 is 2.76 bits per heavy atom. The third-order valence-electron chi connectivity index (χ3n) is 2.76. The topological polar surface area (TPSA) is 79.7 Å². The summed E-state index contributed by atoms with van der Waals surface area (Å²) >= 11 is 0. The summed E-state index contributed by atoms with van der Waals surface area (Å²) in [6, 6.07) is 1.36. The lowest BCUT2D eigenvalue weighted by Gasteiger charge is -2.25. The number of carbonyl (C=O) groups is 2. The Kier molecular flexibility index (Phi) is 6.37. The third kappa shape index (κ3) is 4.58. The van der Waals surface area contributed by atoms with E-state index >= 15 is 0 Å². The Hall–Kier alpha value is -2.39. The van der Waals surface area contributed by atoms with Gasteiger partial charge in [-0.2, -0.15) is 0 Å². The van der Waals surface area contributed by atoms with Gasteiger partial charge in [0.2, 0.25) is 0 Å². The molecule has 0 fully saturated rings. The summed E-state index contributed by atoms with van der Waals surface area (Å²) in [4.78, 5) is 29.3. The van der Waals surface area contributed by atoms with Gasteiger partial charge in [0.15, 0.2) is 0 Å². The van der Waals surface area contributed by atoms with Crippen molar-refractivity contribution in [2.24, 2.45) is 0 Å². The van der Waals surface area contributed by atoms with E-state index in [9.17, 15) is 9.59 Å². The van der Waals surface area contributed by atoms with Gasteiger partial charge in [-0.1, -0.05) is 11.8 Å². The fraction of sp³-hybridized carbons (Fsp3) is 0.400. The summed E-state index contributed by atoms with van der Waals surface area (Å²) in [5.41, 5.74) is 0.746. The Labute approximate surface area is 123 Å². The number of hydrogen-bond acceptors (Lipinski definition) is 5. The summed E-state index contributed by atoms with van der Waals surface area (Å²) in [6.07, 6.45) is 2.93. The Bertz CT molecular complexity index is 573. The number of hydrogen-bond donors (Lipinski definition) is 1. The smallest absolute Gasteiger partial charge is 0.325 e. The van der Waals surface area contributed by atoms with Crippen LogP contribution in [0, 0.1) is 11.8 Å². The molecule has 1 aromatic heterocycles. The summed E-state index contributed by atoms with van der Waals surface area (Å²) in [7, 11) is 1.27. The van der Waals surface area contributed by atoms with Crippen LogP contribution in [0.5, 0.6) is 0 Å². The normalized spacial score (nSPS) is 9.76. The van der Waals surface area contributed by atoms with Crippen LogP contribution in [-0.2, 0) is 9.53 Å². The first-order valence-corrected chi connectivity index (χ1v) is 6.42. The quantitative estimate of drug-likeness (QED) is 0.643. The highest BCUT2D eigenvalue weighted by molar-refractivity contribution is 5.98. The van der Waals surface area contributed by atoms with E-state index in [1.54, 1.807) is 13.8 Å². The molecular weight excluding hydrogens is 272 g/mol. The number of carbonyl (C=O) groups excluding carboxylic acids is 2. The number of aliphatic hydroxyl groups excluding tert-OH is 1. The van der Waals surface area contributed by atoms with E-state index in [0.29, 0.717) is 11.1 Å². The highest BCUT2D eigenvalue weighted by Crippen LogP contribution is 2.12. The number of rotatable bonds is 4. The van der Waals surface area contributed by atoms with Crippen molar-refractivity contribution in [1.82, 2.24) is 9.88 Å². The number of esters is 1. The van der Waals surface area contributed by atoms with Crippen LogP contribution < -0.4 is 0 Å². The van der Waals surface area contributed by atoms with E-state index < -0.39 is 5.97 Å². The van der Waals surface area contributed by atoms with Crippen LogP contribution in [-0.4, -0.2) is 53.2 Å². The van der Waals surface area contributed by atoms with Gasteiger partial charge in [0, 0.05) is 18.4 Å². The first-order chi connectivity index (χ1) is 10.0. The van der Waals surface area contributed by atoms with E-state index in [2.05, 4.69) is 21.6 Å². The van der Waals surface area contributed by atoms with E-state index in [4.69, 9.17) is 5.11 Å². The third-order valence-corrected chi connectivity index (χ3v) is 2.76. The number of methoxy groups -OCH3 is 1. The van der Waals surface area contributed by atoms with Crippen molar-refractivity contribution in [3.8, 4) is 11.8 Å². The predicted octanol–water partition coefficient (Wildman–Crippen LogP) is 0.449. The molecule has 0 aliphatic carbocycles. The largest absolute Gasteiger partial charge is 0.468 e. The van der Waals surface area contributed by atoms with Gasteiger partial charge in [0.05, 0.1) is 18.2 Å². The summed E-state index contributed by atoms with van der Waals surface area (Å²) in [5, 5.41) is 8.75. The molecule has 1 amide bonds. The van der Waals surface area contributed by atoms with Gasteiger partial charge in [-0.05, 0) is 19.9 Å². The molecule has 1 aromatic rings. The minimum absolute atomic E-state index is 0.137. The molecule has 1 rings (SSSR count). The fourth-order valence-corrected chi connectivity index (χ4v) is 1.66. The number of amides is 1. The van der Waals surface area contributed by atoms with Gasteiger partial charge in [-0.3, -0.25) is 14.6 Å². The van der Waals surface area contributed by atoms with Gasteiger partial charge < -0.3 is 14.7 Å². The Morgan fingerprint density at radius 1 is 1.48 bits per heavy atom. The van der Waals surface area contributed by atoms with Gasteiger partial charge in [-0.25, -0.2) is 0 Å². The summed E-state index contributed by atoms with van der Waals surface area (Å²) in [6.45, 7) is 3.17. The maximum absolute atomic E-state index is 12.6. The standard InChI is InChI=1S/C15H18N2O4/c1-11(2)17(10-14(19)21-3)15(20)13-6-7-16-9-12(13)5-4-8-18/h6-7,9,11,18H,8,10H2,1-3H3. The molecule has 0 aromatic carbocycles. The first-order valence-electron chi connectivity index (χ1n) is 6.42. The predicted molar refractivity (Wildman–Crippen MR) is 76.4 cm³/mol.